The number of hydrogen-bond acceptors (Lipinski definition) is 1. The molecule has 0 aliphatic carbocycles. The Hall–Kier alpha value is -5.18. The maximum Gasteiger partial charge on any atom is 0.0626 e. The van der Waals surface area contributed by atoms with Crippen molar-refractivity contribution >= 4 is 96.4 Å². The number of benzene rings is 8. The number of hydrogen-bond donors (Lipinski definition) is 0. The monoisotopic (exact) mass is 549 g/mol. The van der Waals surface area contributed by atoms with E-state index < -0.39 is 0 Å². The van der Waals surface area contributed by atoms with Crippen LogP contribution in [0.5, 0.6) is 0 Å². The number of nitrogens with zero attached hydrogens (tertiary/aromatic N) is 1. The minimum absolute atomic E-state index is 1.20. The van der Waals surface area contributed by atoms with Crippen molar-refractivity contribution in [2.45, 2.75) is 0 Å². The van der Waals surface area contributed by atoms with Crippen LogP contribution in [-0.2, 0) is 0 Å². The average Bonchev–Trinajstić information content (AvgIpc) is 3.61. The van der Waals surface area contributed by atoms with E-state index in [-0.39, 0.29) is 0 Å². The zero-order valence-corrected chi connectivity index (χ0v) is 23.5. The molecule has 10 aromatic rings. The van der Waals surface area contributed by atoms with Crippen molar-refractivity contribution in [3.63, 3.8) is 0 Å². The molecule has 0 aliphatic heterocycles. The predicted octanol–water partition coefficient (Wildman–Crippen LogP) is 11.8. The van der Waals surface area contributed by atoms with E-state index in [4.69, 9.17) is 0 Å². The van der Waals surface area contributed by atoms with Gasteiger partial charge in [-0.2, -0.15) is 0 Å². The van der Waals surface area contributed by atoms with Gasteiger partial charge in [-0.05, 0) is 62.0 Å². The first-order valence-corrected chi connectivity index (χ1v) is 15.3. The maximum atomic E-state index is 2.51. The molecular weight excluding hydrogens is 527 g/mol. The fourth-order valence-electron chi connectivity index (χ4n) is 7.35. The van der Waals surface area contributed by atoms with Gasteiger partial charge in [0.05, 0.1) is 11.0 Å². The second kappa shape index (κ2) is 8.19. The fourth-order valence-corrected chi connectivity index (χ4v) is 8.56. The van der Waals surface area contributed by atoms with Gasteiger partial charge in [-0.1, -0.05) is 115 Å². The van der Waals surface area contributed by atoms with E-state index in [1.807, 2.05) is 11.3 Å². The van der Waals surface area contributed by atoms with Crippen LogP contribution in [0, 0.1) is 0 Å². The first kappa shape index (κ1) is 22.5. The molecule has 0 amide bonds. The predicted molar refractivity (Wildman–Crippen MR) is 184 cm³/mol. The summed E-state index contributed by atoms with van der Waals surface area (Å²) in [6, 6.07) is 51.6. The molecule has 0 aliphatic rings. The van der Waals surface area contributed by atoms with Crippen LogP contribution in [0.3, 0.4) is 0 Å². The van der Waals surface area contributed by atoms with E-state index in [1.54, 1.807) is 0 Å². The van der Waals surface area contributed by atoms with E-state index in [0.717, 1.165) is 0 Å². The van der Waals surface area contributed by atoms with Crippen LogP contribution in [0.25, 0.3) is 90.8 Å². The quantitative estimate of drug-likeness (QED) is 0.179. The molecule has 0 N–H and O–H groups in total. The summed E-state index contributed by atoms with van der Waals surface area (Å²) in [6.07, 6.45) is 0. The molecule has 0 bridgehead atoms. The lowest BCUT2D eigenvalue weighted by Crippen LogP contribution is -1.95. The lowest BCUT2D eigenvalue weighted by Gasteiger charge is -2.14. The first-order valence-electron chi connectivity index (χ1n) is 14.4. The summed E-state index contributed by atoms with van der Waals surface area (Å²) in [4.78, 5) is 0. The zero-order chi connectivity index (χ0) is 27.4. The number of fused-ring (bicyclic) bond motifs is 15. The van der Waals surface area contributed by atoms with Gasteiger partial charge in [0.15, 0.2) is 0 Å². The first-order chi connectivity index (χ1) is 20.8. The molecule has 0 fully saturated rings. The Balaban J connectivity index is 1.41. The number of aromatic nitrogens is 1. The van der Waals surface area contributed by atoms with Crippen LogP contribution < -0.4 is 0 Å². The molecule has 0 unspecified atom stereocenters. The van der Waals surface area contributed by atoms with Crippen molar-refractivity contribution in [3.05, 3.63) is 140 Å². The summed E-state index contributed by atoms with van der Waals surface area (Å²) in [5.74, 6) is 0. The third-order valence-corrected chi connectivity index (χ3v) is 10.3. The highest BCUT2D eigenvalue weighted by Gasteiger charge is 2.20. The molecule has 42 heavy (non-hydrogen) atoms. The summed E-state index contributed by atoms with van der Waals surface area (Å²) in [5, 5.41) is 15.7. The molecule has 10 rings (SSSR count). The maximum absolute atomic E-state index is 2.51. The van der Waals surface area contributed by atoms with Crippen molar-refractivity contribution in [2.75, 3.05) is 0 Å². The summed E-state index contributed by atoms with van der Waals surface area (Å²) in [6.45, 7) is 0. The molecule has 2 heterocycles. The lowest BCUT2D eigenvalue weighted by molar-refractivity contribution is 1.19. The Labute approximate surface area is 245 Å². The number of para-hydroxylation sites is 1. The Kier molecular flexibility index (Phi) is 4.39. The molecule has 0 radical (unpaired) electrons. The molecule has 2 heteroatoms. The van der Waals surface area contributed by atoms with Crippen LogP contribution in [0.4, 0.5) is 0 Å². The van der Waals surface area contributed by atoms with Gasteiger partial charge in [-0.3, -0.25) is 0 Å². The fraction of sp³-hybridized carbons (Fsp3) is 0. The van der Waals surface area contributed by atoms with E-state index in [1.165, 1.54) is 90.8 Å². The van der Waals surface area contributed by atoms with Gasteiger partial charge in [0.25, 0.3) is 0 Å². The van der Waals surface area contributed by atoms with Gasteiger partial charge in [0.2, 0.25) is 0 Å². The van der Waals surface area contributed by atoms with Gasteiger partial charge >= 0.3 is 0 Å². The number of thiophene rings is 1. The van der Waals surface area contributed by atoms with Gasteiger partial charge < -0.3 is 4.57 Å². The normalized spacial score (nSPS) is 12.3. The molecule has 0 saturated carbocycles. The Morgan fingerprint density at radius 1 is 0.405 bits per heavy atom. The van der Waals surface area contributed by atoms with Crippen molar-refractivity contribution in [1.82, 2.24) is 4.57 Å². The van der Waals surface area contributed by atoms with Gasteiger partial charge in [-0.25, -0.2) is 0 Å². The molecule has 0 atom stereocenters. The van der Waals surface area contributed by atoms with E-state index in [0.29, 0.717) is 0 Å². The second-order valence-corrected chi connectivity index (χ2v) is 12.3. The topological polar surface area (TPSA) is 4.93 Å². The minimum atomic E-state index is 1.20. The van der Waals surface area contributed by atoms with Crippen molar-refractivity contribution < 1.29 is 0 Å². The summed E-state index contributed by atoms with van der Waals surface area (Å²) >= 11 is 1.90. The van der Waals surface area contributed by atoms with Crippen LogP contribution in [0.1, 0.15) is 0 Å². The smallest absolute Gasteiger partial charge is 0.0626 e. The highest BCUT2D eigenvalue weighted by Crippen LogP contribution is 2.45. The Morgan fingerprint density at radius 2 is 1.02 bits per heavy atom. The molecule has 8 aromatic carbocycles. The molecular formula is C40H23NS. The van der Waals surface area contributed by atoms with Crippen LogP contribution in [0.2, 0.25) is 0 Å². The SMILES string of the molecule is c1ccc2c(c1)ccc1c3cc(-n4c5ccccc5c5c6ccccc6c6c7ccccc7ccc6c54)ccc3sc21. The third kappa shape index (κ3) is 2.87. The molecule has 0 spiro atoms. The Bertz CT molecular complexity index is 2740. The van der Waals surface area contributed by atoms with Crippen molar-refractivity contribution in [3.8, 4) is 5.69 Å². The molecule has 2 aromatic heterocycles. The summed E-state index contributed by atoms with van der Waals surface area (Å²) < 4.78 is 5.20. The highest BCUT2D eigenvalue weighted by atomic mass is 32.1. The van der Waals surface area contributed by atoms with Crippen LogP contribution in [0.15, 0.2) is 140 Å². The molecule has 1 nitrogen and oxygen atoms in total. The standard InChI is InChI=1S/C40H23NS/c1-3-11-27-24(9-1)18-21-33-37(27)29-13-5-6-14-30(29)38-32-15-7-8-16-35(32)41(39(33)38)26-19-22-36-34(23-26)31-20-17-25-10-2-4-12-28(25)40(31)42-36/h1-23H. The van der Waals surface area contributed by atoms with Crippen LogP contribution >= 0.6 is 11.3 Å². The summed E-state index contributed by atoms with van der Waals surface area (Å²) in [5.41, 5.74) is 3.72. The van der Waals surface area contributed by atoms with Gasteiger partial charge in [0, 0.05) is 42.0 Å². The average molecular weight is 550 g/mol. The van der Waals surface area contributed by atoms with Crippen molar-refractivity contribution in [1.29, 1.82) is 0 Å². The van der Waals surface area contributed by atoms with E-state index in [9.17, 15) is 0 Å². The molecule has 0 saturated heterocycles. The van der Waals surface area contributed by atoms with E-state index >= 15 is 0 Å². The second-order valence-electron chi connectivity index (χ2n) is 11.3. The lowest BCUT2D eigenvalue weighted by atomic mass is 9.93. The Morgan fingerprint density at radius 3 is 1.83 bits per heavy atom. The van der Waals surface area contributed by atoms with Gasteiger partial charge in [-0.15, -0.1) is 11.3 Å². The minimum Gasteiger partial charge on any atom is -0.309 e. The van der Waals surface area contributed by atoms with Gasteiger partial charge in [0.1, 0.15) is 0 Å². The van der Waals surface area contributed by atoms with Crippen LogP contribution in [-0.4, -0.2) is 4.57 Å². The zero-order valence-electron chi connectivity index (χ0n) is 22.6. The number of rotatable bonds is 1. The van der Waals surface area contributed by atoms with E-state index in [2.05, 4.69) is 144 Å². The van der Waals surface area contributed by atoms with Crippen molar-refractivity contribution in [2.24, 2.45) is 0 Å². The largest absolute Gasteiger partial charge is 0.309 e. The summed E-state index contributed by atoms with van der Waals surface area (Å²) in [7, 11) is 0. The highest BCUT2D eigenvalue weighted by molar-refractivity contribution is 7.26. The molecule has 194 valence electrons. The third-order valence-electron chi connectivity index (χ3n) is 9.13.